The van der Waals surface area contributed by atoms with Gasteiger partial charge in [-0.05, 0) is 23.3 Å². The highest BCUT2D eigenvalue weighted by Gasteiger charge is 2.33. The van der Waals surface area contributed by atoms with Crippen LogP contribution in [0.3, 0.4) is 0 Å². The lowest BCUT2D eigenvalue weighted by molar-refractivity contribution is -0.114. The molecule has 3 heteroatoms. The van der Waals surface area contributed by atoms with Gasteiger partial charge < -0.3 is 10.5 Å². The molecule has 1 aliphatic rings. The first kappa shape index (κ1) is 13.4. The second-order valence-electron chi connectivity index (χ2n) is 5.16. The molecule has 0 aliphatic heterocycles. The molecule has 2 aromatic carbocycles. The lowest BCUT2D eigenvalue weighted by atomic mass is 9.93. The highest BCUT2D eigenvalue weighted by molar-refractivity contribution is 6.26. The maximum absolute atomic E-state index is 12.7. The monoisotopic (exact) mass is 279 g/mol. The van der Waals surface area contributed by atoms with Crippen molar-refractivity contribution >= 4 is 11.4 Å². The summed E-state index contributed by atoms with van der Waals surface area (Å²) in [5.74, 6) is 0.642. The number of ketones is 1. The Bertz CT molecular complexity index is 704. The zero-order valence-electron chi connectivity index (χ0n) is 11.9. The third-order valence-corrected chi connectivity index (χ3v) is 3.87. The van der Waals surface area contributed by atoms with Crippen molar-refractivity contribution in [2.45, 2.75) is 12.3 Å². The molecule has 0 saturated heterocycles. The van der Waals surface area contributed by atoms with Crippen LogP contribution in [-0.2, 0) is 4.79 Å². The summed E-state index contributed by atoms with van der Waals surface area (Å²) in [6.07, 6.45) is 0.579. The Morgan fingerprint density at radius 3 is 2.57 bits per heavy atom. The fraction of sp³-hybridized carbons (Fsp3) is 0.167. The molecule has 2 N–H and O–H groups in total. The summed E-state index contributed by atoms with van der Waals surface area (Å²) in [5.41, 5.74) is 9.27. The van der Waals surface area contributed by atoms with Gasteiger partial charge in [-0.25, -0.2) is 0 Å². The molecule has 21 heavy (non-hydrogen) atoms. The predicted molar refractivity (Wildman–Crippen MR) is 82.9 cm³/mol. The summed E-state index contributed by atoms with van der Waals surface area (Å²) in [6, 6.07) is 17.3. The van der Waals surface area contributed by atoms with Crippen LogP contribution in [0.15, 0.2) is 60.3 Å². The van der Waals surface area contributed by atoms with Gasteiger partial charge in [0.2, 0.25) is 0 Å². The minimum atomic E-state index is -0.174. The Labute approximate surface area is 124 Å². The van der Waals surface area contributed by atoms with Gasteiger partial charge in [-0.1, -0.05) is 42.5 Å². The molecule has 1 aliphatic carbocycles. The summed E-state index contributed by atoms with van der Waals surface area (Å²) >= 11 is 0. The van der Waals surface area contributed by atoms with Gasteiger partial charge in [-0.15, -0.1) is 0 Å². The maximum Gasteiger partial charge on any atom is 0.173 e. The largest absolute Gasteiger partial charge is 0.497 e. The standard InChI is InChI=1S/C18H17NO2/c1-21-14-9-5-8-13(10-14)17-16(19)11-15(18(17)20)12-6-3-2-4-7-12/h2-10,15H,11,19H2,1H3. The number of benzene rings is 2. The second-order valence-corrected chi connectivity index (χ2v) is 5.16. The van der Waals surface area contributed by atoms with Crippen molar-refractivity contribution in [1.29, 1.82) is 0 Å². The van der Waals surface area contributed by atoms with Gasteiger partial charge in [0, 0.05) is 17.7 Å². The number of ether oxygens (including phenoxy) is 1. The SMILES string of the molecule is COc1cccc(C2=C(N)CC(c3ccccc3)C2=O)c1. The van der Waals surface area contributed by atoms with Crippen LogP contribution in [-0.4, -0.2) is 12.9 Å². The Morgan fingerprint density at radius 2 is 1.86 bits per heavy atom. The van der Waals surface area contributed by atoms with Crippen molar-refractivity contribution in [1.82, 2.24) is 0 Å². The molecule has 106 valence electrons. The molecule has 1 unspecified atom stereocenters. The number of carbonyl (C=O) groups is 1. The molecule has 2 aromatic rings. The van der Waals surface area contributed by atoms with Crippen LogP contribution in [0.2, 0.25) is 0 Å². The van der Waals surface area contributed by atoms with E-state index in [1.165, 1.54) is 0 Å². The molecule has 0 spiro atoms. The summed E-state index contributed by atoms with van der Waals surface area (Å²) in [4.78, 5) is 12.7. The van der Waals surface area contributed by atoms with Crippen LogP contribution in [0.5, 0.6) is 5.75 Å². The molecule has 0 heterocycles. The molecule has 3 rings (SSSR count). The Morgan fingerprint density at radius 1 is 1.10 bits per heavy atom. The Balaban J connectivity index is 1.96. The minimum Gasteiger partial charge on any atom is -0.497 e. The van der Waals surface area contributed by atoms with Crippen molar-refractivity contribution in [2.24, 2.45) is 5.73 Å². The van der Waals surface area contributed by atoms with Crippen LogP contribution in [0.1, 0.15) is 23.5 Å². The number of nitrogens with two attached hydrogens (primary N) is 1. The average Bonchev–Trinajstić information content (AvgIpc) is 2.83. The molecule has 0 fully saturated rings. The maximum atomic E-state index is 12.7. The van der Waals surface area contributed by atoms with E-state index in [0.29, 0.717) is 17.7 Å². The van der Waals surface area contributed by atoms with Gasteiger partial charge >= 0.3 is 0 Å². The van der Waals surface area contributed by atoms with Crippen LogP contribution in [0.25, 0.3) is 5.57 Å². The van der Waals surface area contributed by atoms with E-state index >= 15 is 0 Å². The predicted octanol–water partition coefficient (Wildman–Crippen LogP) is 3.12. The second kappa shape index (κ2) is 5.44. The van der Waals surface area contributed by atoms with E-state index in [0.717, 1.165) is 16.9 Å². The summed E-state index contributed by atoms with van der Waals surface area (Å²) in [6.45, 7) is 0. The zero-order valence-corrected chi connectivity index (χ0v) is 11.9. The van der Waals surface area contributed by atoms with E-state index in [4.69, 9.17) is 10.5 Å². The molecule has 0 radical (unpaired) electrons. The number of hydrogen-bond acceptors (Lipinski definition) is 3. The number of Topliss-reactive ketones (excluding diaryl/α,β-unsaturated/α-hetero) is 1. The minimum absolute atomic E-state index is 0.0898. The van der Waals surface area contributed by atoms with Crippen molar-refractivity contribution in [3.63, 3.8) is 0 Å². The fourth-order valence-corrected chi connectivity index (χ4v) is 2.81. The normalized spacial score (nSPS) is 18.1. The van der Waals surface area contributed by atoms with Crippen molar-refractivity contribution in [3.05, 3.63) is 71.4 Å². The third kappa shape index (κ3) is 2.42. The molecular formula is C18H17NO2. The number of methoxy groups -OCH3 is 1. The number of rotatable bonds is 3. The first-order valence-corrected chi connectivity index (χ1v) is 6.93. The lowest BCUT2D eigenvalue weighted by Gasteiger charge is -2.10. The summed E-state index contributed by atoms with van der Waals surface area (Å²) < 4.78 is 5.22. The van der Waals surface area contributed by atoms with Gasteiger partial charge in [0.15, 0.2) is 5.78 Å². The summed E-state index contributed by atoms with van der Waals surface area (Å²) in [5, 5.41) is 0. The van der Waals surface area contributed by atoms with E-state index in [1.807, 2.05) is 54.6 Å². The number of hydrogen-bond donors (Lipinski definition) is 1. The van der Waals surface area contributed by atoms with Crippen molar-refractivity contribution in [2.75, 3.05) is 7.11 Å². The highest BCUT2D eigenvalue weighted by Crippen LogP contribution is 2.38. The molecule has 0 saturated carbocycles. The topological polar surface area (TPSA) is 52.3 Å². The Hall–Kier alpha value is -2.55. The van der Waals surface area contributed by atoms with E-state index in [1.54, 1.807) is 7.11 Å². The van der Waals surface area contributed by atoms with Gasteiger partial charge in [0.1, 0.15) is 5.75 Å². The molecule has 0 amide bonds. The van der Waals surface area contributed by atoms with Crippen molar-refractivity contribution < 1.29 is 9.53 Å². The smallest absolute Gasteiger partial charge is 0.173 e. The van der Waals surface area contributed by atoms with Gasteiger partial charge in [-0.3, -0.25) is 4.79 Å². The van der Waals surface area contributed by atoms with Gasteiger partial charge in [0.25, 0.3) is 0 Å². The third-order valence-electron chi connectivity index (χ3n) is 3.87. The van der Waals surface area contributed by atoms with Gasteiger partial charge in [0.05, 0.1) is 13.0 Å². The fourth-order valence-electron chi connectivity index (χ4n) is 2.81. The van der Waals surface area contributed by atoms with Crippen molar-refractivity contribution in [3.8, 4) is 5.75 Å². The first-order valence-electron chi connectivity index (χ1n) is 6.93. The molecule has 1 atom stereocenters. The highest BCUT2D eigenvalue weighted by atomic mass is 16.5. The van der Waals surface area contributed by atoms with Crippen LogP contribution >= 0.6 is 0 Å². The number of carbonyl (C=O) groups excluding carboxylic acids is 1. The molecular weight excluding hydrogens is 262 g/mol. The van der Waals surface area contributed by atoms with Crippen LogP contribution < -0.4 is 10.5 Å². The zero-order chi connectivity index (χ0) is 14.8. The molecule has 3 nitrogen and oxygen atoms in total. The van der Waals surface area contributed by atoms with E-state index in [9.17, 15) is 4.79 Å². The first-order chi connectivity index (χ1) is 10.2. The van der Waals surface area contributed by atoms with E-state index in [2.05, 4.69) is 0 Å². The lowest BCUT2D eigenvalue weighted by Crippen LogP contribution is -2.08. The molecule has 0 bridgehead atoms. The van der Waals surface area contributed by atoms with Crippen LogP contribution in [0.4, 0.5) is 0 Å². The quantitative estimate of drug-likeness (QED) is 0.939. The molecule has 0 aromatic heterocycles. The Kier molecular flexibility index (Phi) is 3.48. The average molecular weight is 279 g/mol. The van der Waals surface area contributed by atoms with Crippen LogP contribution in [0, 0.1) is 0 Å². The van der Waals surface area contributed by atoms with Gasteiger partial charge in [-0.2, -0.15) is 0 Å². The number of allylic oxidation sites excluding steroid dienone is 2. The van der Waals surface area contributed by atoms with E-state index < -0.39 is 0 Å². The van der Waals surface area contributed by atoms with E-state index in [-0.39, 0.29) is 11.7 Å². The summed E-state index contributed by atoms with van der Waals surface area (Å²) in [7, 11) is 1.61.